The minimum atomic E-state index is -0.132. The van der Waals surface area contributed by atoms with E-state index in [1.807, 2.05) is 67.4 Å². The van der Waals surface area contributed by atoms with Crippen molar-refractivity contribution in [2.75, 3.05) is 37.5 Å². The Balaban J connectivity index is 1.83. The Kier molecular flexibility index (Phi) is 7.92. The van der Waals surface area contributed by atoms with Gasteiger partial charge in [0.25, 0.3) is 5.91 Å². The molecular weight excluding hydrogens is 412 g/mol. The number of nitrogens with one attached hydrogen (secondary N) is 2. The van der Waals surface area contributed by atoms with E-state index < -0.39 is 0 Å². The monoisotopic (exact) mass is 444 g/mol. The molecule has 1 aromatic carbocycles. The lowest BCUT2D eigenvalue weighted by Gasteiger charge is -2.29. The highest BCUT2D eigenvalue weighted by molar-refractivity contribution is 7.12. The number of hydrogen-bond acceptors (Lipinski definition) is 5. The number of carbonyl (C=O) groups excluding carboxylic acids is 2. The lowest BCUT2D eigenvalue weighted by atomic mass is 10.1. The summed E-state index contributed by atoms with van der Waals surface area (Å²) in [5.74, 6) is -0.132. The highest BCUT2D eigenvalue weighted by atomic mass is 32.1. The number of urea groups is 1. The molecule has 31 heavy (non-hydrogen) atoms. The Morgan fingerprint density at radius 3 is 2.68 bits per heavy atom. The molecule has 0 spiro atoms. The topological polar surface area (TPSA) is 73.9 Å². The van der Waals surface area contributed by atoms with Gasteiger partial charge in [-0.25, -0.2) is 4.79 Å². The van der Waals surface area contributed by atoms with Crippen molar-refractivity contribution in [2.24, 2.45) is 0 Å². The van der Waals surface area contributed by atoms with Crippen LogP contribution in [-0.4, -0.2) is 56.2 Å². The zero-order chi connectivity index (χ0) is 22.4. The van der Waals surface area contributed by atoms with Crippen molar-refractivity contribution < 1.29 is 14.3 Å². The number of benzene rings is 1. The second-order valence-corrected chi connectivity index (χ2v) is 9.24. The summed E-state index contributed by atoms with van der Waals surface area (Å²) in [4.78, 5) is 29.9. The van der Waals surface area contributed by atoms with Crippen LogP contribution in [0.4, 0.5) is 16.2 Å². The maximum Gasteiger partial charge on any atom is 0.317 e. The number of amides is 3. The van der Waals surface area contributed by atoms with Gasteiger partial charge in [0.15, 0.2) is 0 Å². The Bertz CT molecular complexity index is 877. The smallest absolute Gasteiger partial charge is 0.317 e. The molecule has 2 heterocycles. The summed E-state index contributed by atoms with van der Waals surface area (Å²) in [5.41, 5.74) is 2.68. The molecule has 1 aromatic heterocycles. The van der Waals surface area contributed by atoms with Gasteiger partial charge in [-0.05, 0) is 61.9 Å². The molecule has 1 unspecified atom stereocenters. The highest BCUT2D eigenvalue weighted by Gasteiger charge is 2.24. The zero-order valence-corrected chi connectivity index (χ0v) is 19.5. The summed E-state index contributed by atoms with van der Waals surface area (Å²) in [6, 6.07) is 9.41. The summed E-state index contributed by atoms with van der Waals surface area (Å²) in [6.07, 6.45) is 2.04. The Morgan fingerprint density at radius 2 is 2.06 bits per heavy atom. The van der Waals surface area contributed by atoms with Crippen molar-refractivity contribution in [2.45, 2.75) is 45.4 Å². The number of carbonyl (C=O) groups is 2. The number of rotatable bonds is 8. The summed E-state index contributed by atoms with van der Waals surface area (Å²) in [6.45, 7) is 5.62. The average molecular weight is 445 g/mol. The molecule has 3 rings (SSSR count). The van der Waals surface area contributed by atoms with E-state index in [1.54, 1.807) is 6.07 Å². The van der Waals surface area contributed by atoms with Crippen LogP contribution in [0.1, 0.15) is 41.9 Å². The summed E-state index contributed by atoms with van der Waals surface area (Å²) in [5, 5.41) is 7.85. The fourth-order valence-electron chi connectivity index (χ4n) is 3.62. The molecule has 2 N–H and O–H groups in total. The quantitative estimate of drug-likeness (QED) is 0.641. The van der Waals surface area contributed by atoms with Crippen LogP contribution in [0.25, 0.3) is 0 Å². The Labute approximate surface area is 188 Å². The molecule has 168 valence electrons. The van der Waals surface area contributed by atoms with Crippen LogP contribution < -0.4 is 15.5 Å². The van der Waals surface area contributed by atoms with Gasteiger partial charge in [0.1, 0.15) is 0 Å². The van der Waals surface area contributed by atoms with Crippen LogP contribution in [0.3, 0.4) is 0 Å². The second-order valence-electron chi connectivity index (χ2n) is 8.29. The van der Waals surface area contributed by atoms with Crippen molar-refractivity contribution in [1.82, 2.24) is 10.2 Å². The first kappa shape index (κ1) is 23.1. The van der Waals surface area contributed by atoms with E-state index in [1.165, 1.54) is 11.3 Å². The minimum Gasteiger partial charge on any atom is -0.377 e. The van der Waals surface area contributed by atoms with Gasteiger partial charge in [-0.15, -0.1) is 11.3 Å². The molecule has 1 aliphatic heterocycles. The van der Waals surface area contributed by atoms with Crippen molar-refractivity contribution in [3.63, 3.8) is 0 Å². The fourth-order valence-corrected chi connectivity index (χ4v) is 4.24. The number of nitrogens with zero attached hydrogens (tertiary/aromatic N) is 2. The molecule has 2 aromatic rings. The first-order valence-electron chi connectivity index (χ1n) is 10.7. The molecule has 0 bridgehead atoms. The van der Waals surface area contributed by atoms with Gasteiger partial charge in [0.05, 0.1) is 11.0 Å². The maximum atomic E-state index is 12.9. The molecular formula is C23H32N4O3S. The molecule has 1 fully saturated rings. The first-order chi connectivity index (χ1) is 14.8. The Hall–Kier alpha value is -2.58. The summed E-state index contributed by atoms with van der Waals surface area (Å²) < 4.78 is 5.78. The lowest BCUT2D eigenvalue weighted by Crippen LogP contribution is -2.45. The van der Waals surface area contributed by atoms with E-state index in [0.717, 1.165) is 30.7 Å². The predicted octanol–water partition coefficient (Wildman–Crippen LogP) is 4.17. The van der Waals surface area contributed by atoms with E-state index in [2.05, 4.69) is 10.6 Å². The standard InChI is InChI=1S/C23H32N4O3S/c1-16(2)24-23(29)27(15-19-7-5-11-30-19)14-17-13-18(9-10-20(17)26(3)4)25-22(28)21-8-6-12-31-21/h6,8-10,12-13,16,19H,5,7,11,14-15H2,1-4H3,(H,24,29)(H,25,28). The predicted molar refractivity (Wildman–Crippen MR) is 126 cm³/mol. The SMILES string of the molecule is CC(C)NC(=O)N(Cc1cc(NC(=O)c2cccs2)ccc1N(C)C)CC1CCCO1. The molecule has 3 amide bonds. The average Bonchev–Trinajstić information content (AvgIpc) is 3.41. The van der Waals surface area contributed by atoms with Gasteiger partial charge < -0.3 is 25.2 Å². The van der Waals surface area contributed by atoms with Crippen LogP contribution in [0.2, 0.25) is 0 Å². The number of thiophene rings is 1. The third kappa shape index (κ3) is 6.45. The van der Waals surface area contributed by atoms with Crippen LogP contribution >= 0.6 is 11.3 Å². The molecule has 0 radical (unpaired) electrons. The molecule has 0 aliphatic carbocycles. The molecule has 7 nitrogen and oxygen atoms in total. The van der Waals surface area contributed by atoms with E-state index in [9.17, 15) is 9.59 Å². The van der Waals surface area contributed by atoms with E-state index in [-0.39, 0.29) is 24.1 Å². The molecule has 1 atom stereocenters. The first-order valence-corrected chi connectivity index (χ1v) is 11.5. The van der Waals surface area contributed by atoms with Crippen molar-refractivity contribution in [3.05, 3.63) is 46.2 Å². The van der Waals surface area contributed by atoms with Gasteiger partial charge >= 0.3 is 6.03 Å². The maximum absolute atomic E-state index is 12.9. The Morgan fingerprint density at radius 1 is 1.26 bits per heavy atom. The van der Waals surface area contributed by atoms with Crippen molar-refractivity contribution in [3.8, 4) is 0 Å². The van der Waals surface area contributed by atoms with E-state index in [0.29, 0.717) is 23.7 Å². The zero-order valence-electron chi connectivity index (χ0n) is 18.7. The van der Waals surface area contributed by atoms with Crippen molar-refractivity contribution >= 4 is 34.6 Å². The summed E-state index contributed by atoms with van der Waals surface area (Å²) in [7, 11) is 3.95. The lowest BCUT2D eigenvalue weighted by molar-refractivity contribution is 0.0791. The fraction of sp³-hybridized carbons (Fsp3) is 0.478. The van der Waals surface area contributed by atoms with Gasteiger partial charge in [-0.2, -0.15) is 0 Å². The second kappa shape index (κ2) is 10.6. The molecule has 1 saturated heterocycles. The van der Waals surface area contributed by atoms with E-state index >= 15 is 0 Å². The minimum absolute atomic E-state index is 0.0456. The highest BCUT2D eigenvalue weighted by Crippen LogP contribution is 2.26. The van der Waals surface area contributed by atoms with Gasteiger partial charge in [0, 0.05) is 51.2 Å². The van der Waals surface area contributed by atoms with Crippen LogP contribution in [0.5, 0.6) is 0 Å². The van der Waals surface area contributed by atoms with Crippen LogP contribution in [-0.2, 0) is 11.3 Å². The summed E-state index contributed by atoms with van der Waals surface area (Å²) >= 11 is 1.41. The number of anilines is 2. The third-order valence-electron chi connectivity index (χ3n) is 5.07. The van der Waals surface area contributed by atoms with Crippen LogP contribution in [0.15, 0.2) is 35.7 Å². The number of hydrogen-bond donors (Lipinski definition) is 2. The molecule has 1 aliphatic rings. The normalized spacial score (nSPS) is 15.7. The van der Waals surface area contributed by atoms with Crippen molar-refractivity contribution in [1.29, 1.82) is 0 Å². The largest absolute Gasteiger partial charge is 0.377 e. The molecule has 0 saturated carbocycles. The van der Waals surface area contributed by atoms with Gasteiger partial charge in [-0.1, -0.05) is 6.07 Å². The van der Waals surface area contributed by atoms with E-state index in [4.69, 9.17) is 4.74 Å². The third-order valence-corrected chi connectivity index (χ3v) is 5.94. The molecule has 8 heteroatoms. The van der Waals surface area contributed by atoms with Crippen LogP contribution in [0, 0.1) is 0 Å². The van der Waals surface area contributed by atoms with Gasteiger partial charge in [0.2, 0.25) is 0 Å². The number of ether oxygens (including phenoxy) is 1. The van der Waals surface area contributed by atoms with Gasteiger partial charge in [-0.3, -0.25) is 4.79 Å².